The molecule has 3 nitrogen and oxygen atoms in total. The van der Waals surface area contributed by atoms with Crippen molar-refractivity contribution in [3.63, 3.8) is 0 Å². The second-order valence-electron chi connectivity index (χ2n) is 3.67. The van der Waals surface area contributed by atoms with Crippen LogP contribution in [0.5, 0.6) is 0 Å². The third kappa shape index (κ3) is 3.45. The second kappa shape index (κ2) is 5.85. The van der Waals surface area contributed by atoms with Gasteiger partial charge in [0.05, 0.1) is 17.1 Å². The SMILES string of the molecule is O=C(Cc1ccccn1)Nc1ccc(Cl)cc1Cl. The summed E-state index contributed by atoms with van der Waals surface area (Å²) in [4.78, 5) is 15.9. The number of carbonyl (C=O) groups is 1. The van der Waals surface area contributed by atoms with Crippen LogP contribution < -0.4 is 5.32 Å². The fourth-order valence-corrected chi connectivity index (χ4v) is 1.91. The molecule has 0 aliphatic heterocycles. The summed E-state index contributed by atoms with van der Waals surface area (Å²) >= 11 is 11.7. The average molecular weight is 281 g/mol. The van der Waals surface area contributed by atoms with E-state index >= 15 is 0 Å². The average Bonchev–Trinajstić information content (AvgIpc) is 2.34. The molecule has 2 aromatic rings. The molecule has 5 heteroatoms. The summed E-state index contributed by atoms with van der Waals surface area (Å²) in [6.45, 7) is 0. The lowest BCUT2D eigenvalue weighted by Crippen LogP contribution is -2.15. The molecule has 18 heavy (non-hydrogen) atoms. The van der Waals surface area contributed by atoms with Crippen molar-refractivity contribution in [3.05, 3.63) is 58.3 Å². The van der Waals surface area contributed by atoms with Crippen LogP contribution in [0.4, 0.5) is 5.69 Å². The lowest BCUT2D eigenvalue weighted by Gasteiger charge is -2.07. The summed E-state index contributed by atoms with van der Waals surface area (Å²) in [6.07, 6.45) is 1.86. The normalized spacial score (nSPS) is 10.1. The number of hydrogen-bond acceptors (Lipinski definition) is 2. The first-order valence-electron chi connectivity index (χ1n) is 5.30. The predicted molar refractivity (Wildman–Crippen MR) is 73.0 cm³/mol. The first-order valence-corrected chi connectivity index (χ1v) is 6.05. The minimum absolute atomic E-state index is 0.169. The van der Waals surface area contributed by atoms with Crippen molar-refractivity contribution >= 4 is 34.8 Å². The molecule has 2 rings (SSSR count). The molecule has 1 N–H and O–H groups in total. The maximum Gasteiger partial charge on any atom is 0.230 e. The summed E-state index contributed by atoms with van der Waals surface area (Å²) in [7, 11) is 0. The van der Waals surface area contributed by atoms with Gasteiger partial charge in [0, 0.05) is 16.9 Å². The Labute approximate surface area is 115 Å². The van der Waals surface area contributed by atoms with Crippen molar-refractivity contribution in [1.82, 2.24) is 4.98 Å². The number of nitrogens with one attached hydrogen (secondary N) is 1. The zero-order valence-electron chi connectivity index (χ0n) is 9.36. The Morgan fingerprint density at radius 3 is 2.72 bits per heavy atom. The van der Waals surface area contributed by atoms with E-state index < -0.39 is 0 Å². The summed E-state index contributed by atoms with van der Waals surface area (Å²) in [5.41, 5.74) is 1.25. The fourth-order valence-electron chi connectivity index (χ4n) is 1.45. The van der Waals surface area contributed by atoms with E-state index in [0.29, 0.717) is 21.4 Å². The van der Waals surface area contributed by atoms with Gasteiger partial charge in [0.15, 0.2) is 0 Å². The van der Waals surface area contributed by atoms with Crippen molar-refractivity contribution in [3.8, 4) is 0 Å². The van der Waals surface area contributed by atoms with E-state index in [1.165, 1.54) is 0 Å². The van der Waals surface area contributed by atoms with Crippen LogP contribution in [0.2, 0.25) is 10.0 Å². The Bertz CT molecular complexity index is 558. The highest BCUT2D eigenvalue weighted by Gasteiger charge is 2.07. The number of benzene rings is 1. The van der Waals surface area contributed by atoms with Gasteiger partial charge >= 0.3 is 0 Å². The number of carbonyl (C=O) groups excluding carboxylic acids is 1. The number of pyridine rings is 1. The minimum Gasteiger partial charge on any atom is -0.324 e. The van der Waals surface area contributed by atoms with Crippen LogP contribution in [0, 0.1) is 0 Å². The molecule has 0 aliphatic rings. The monoisotopic (exact) mass is 280 g/mol. The van der Waals surface area contributed by atoms with Gasteiger partial charge in [-0.2, -0.15) is 0 Å². The van der Waals surface area contributed by atoms with Gasteiger partial charge in [-0.25, -0.2) is 0 Å². The maximum atomic E-state index is 11.8. The lowest BCUT2D eigenvalue weighted by atomic mass is 10.2. The molecular weight excluding hydrogens is 271 g/mol. The van der Waals surface area contributed by atoms with Crippen molar-refractivity contribution in [2.24, 2.45) is 0 Å². The molecule has 92 valence electrons. The van der Waals surface area contributed by atoms with E-state index in [-0.39, 0.29) is 12.3 Å². The summed E-state index contributed by atoms with van der Waals surface area (Å²) < 4.78 is 0. The maximum absolute atomic E-state index is 11.8. The largest absolute Gasteiger partial charge is 0.324 e. The third-order valence-corrected chi connectivity index (χ3v) is 2.82. The smallest absolute Gasteiger partial charge is 0.230 e. The Hall–Kier alpha value is -1.58. The van der Waals surface area contributed by atoms with Gasteiger partial charge in [-0.3, -0.25) is 9.78 Å². The summed E-state index contributed by atoms with van der Waals surface area (Å²) in [5, 5.41) is 3.66. The van der Waals surface area contributed by atoms with Crippen molar-refractivity contribution < 1.29 is 4.79 Å². The standard InChI is InChI=1S/C13H10Cl2N2O/c14-9-4-5-12(11(15)7-9)17-13(18)8-10-3-1-2-6-16-10/h1-7H,8H2,(H,17,18). The number of hydrogen-bond donors (Lipinski definition) is 1. The topological polar surface area (TPSA) is 42.0 Å². The van der Waals surface area contributed by atoms with Gasteiger partial charge in [0.2, 0.25) is 5.91 Å². The van der Waals surface area contributed by atoms with E-state index in [1.807, 2.05) is 6.07 Å². The van der Waals surface area contributed by atoms with Gasteiger partial charge in [0.1, 0.15) is 0 Å². The molecule has 0 saturated heterocycles. The summed E-state index contributed by atoms with van der Waals surface area (Å²) in [6, 6.07) is 10.4. The van der Waals surface area contributed by atoms with Gasteiger partial charge in [-0.05, 0) is 30.3 Å². The van der Waals surface area contributed by atoms with Gasteiger partial charge < -0.3 is 5.32 Å². The minimum atomic E-state index is -0.169. The van der Waals surface area contributed by atoms with Gasteiger partial charge in [-0.15, -0.1) is 0 Å². The van der Waals surface area contributed by atoms with E-state index in [1.54, 1.807) is 36.5 Å². The molecule has 1 aromatic carbocycles. The predicted octanol–water partition coefficient (Wildman–Crippen LogP) is 3.57. The molecule has 0 fully saturated rings. The molecule has 1 aromatic heterocycles. The van der Waals surface area contributed by atoms with Crippen LogP contribution >= 0.6 is 23.2 Å². The van der Waals surface area contributed by atoms with Gasteiger partial charge in [-0.1, -0.05) is 29.3 Å². The first-order chi connectivity index (χ1) is 8.65. The molecule has 1 heterocycles. The molecule has 0 spiro atoms. The zero-order valence-corrected chi connectivity index (χ0v) is 10.9. The Morgan fingerprint density at radius 1 is 1.22 bits per heavy atom. The zero-order chi connectivity index (χ0) is 13.0. The van der Waals surface area contributed by atoms with E-state index in [4.69, 9.17) is 23.2 Å². The van der Waals surface area contributed by atoms with E-state index in [9.17, 15) is 4.79 Å². The molecule has 0 radical (unpaired) electrons. The van der Waals surface area contributed by atoms with Crippen LogP contribution in [-0.4, -0.2) is 10.9 Å². The van der Waals surface area contributed by atoms with Crippen LogP contribution in [0.25, 0.3) is 0 Å². The van der Waals surface area contributed by atoms with Gasteiger partial charge in [0.25, 0.3) is 0 Å². The van der Waals surface area contributed by atoms with Crippen LogP contribution in [0.3, 0.4) is 0 Å². The van der Waals surface area contributed by atoms with Crippen LogP contribution in [0.1, 0.15) is 5.69 Å². The van der Waals surface area contributed by atoms with Crippen molar-refractivity contribution in [2.45, 2.75) is 6.42 Å². The van der Waals surface area contributed by atoms with Crippen molar-refractivity contribution in [1.29, 1.82) is 0 Å². The Kier molecular flexibility index (Phi) is 4.18. The summed E-state index contributed by atoms with van der Waals surface area (Å²) in [5.74, 6) is -0.169. The first kappa shape index (κ1) is 12.9. The molecule has 0 unspecified atom stereocenters. The fraction of sp³-hybridized carbons (Fsp3) is 0.0769. The van der Waals surface area contributed by atoms with Crippen LogP contribution in [0.15, 0.2) is 42.6 Å². The number of aromatic nitrogens is 1. The van der Waals surface area contributed by atoms with Crippen molar-refractivity contribution in [2.75, 3.05) is 5.32 Å². The number of amides is 1. The number of halogens is 2. The van der Waals surface area contributed by atoms with Crippen LogP contribution in [-0.2, 0) is 11.2 Å². The number of rotatable bonds is 3. The third-order valence-electron chi connectivity index (χ3n) is 2.27. The molecule has 1 amide bonds. The molecule has 0 saturated carbocycles. The highest BCUT2D eigenvalue weighted by Crippen LogP contribution is 2.25. The molecular formula is C13H10Cl2N2O. The second-order valence-corrected chi connectivity index (χ2v) is 4.51. The lowest BCUT2D eigenvalue weighted by molar-refractivity contribution is -0.115. The number of nitrogens with zero attached hydrogens (tertiary/aromatic N) is 1. The van der Waals surface area contributed by atoms with E-state index in [2.05, 4.69) is 10.3 Å². The quantitative estimate of drug-likeness (QED) is 0.934. The van der Waals surface area contributed by atoms with E-state index in [0.717, 1.165) is 0 Å². The number of anilines is 1. The highest BCUT2D eigenvalue weighted by atomic mass is 35.5. The molecule has 0 atom stereocenters. The highest BCUT2D eigenvalue weighted by molar-refractivity contribution is 6.36. The Balaban J connectivity index is 2.03. The molecule has 0 bridgehead atoms. The Morgan fingerprint density at radius 2 is 2.06 bits per heavy atom. The molecule has 0 aliphatic carbocycles.